The van der Waals surface area contributed by atoms with Crippen LogP contribution in [0.25, 0.3) is 0 Å². The van der Waals surface area contributed by atoms with Gasteiger partial charge in [-0.25, -0.2) is 4.39 Å². The normalized spacial score (nSPS) is 14.3. The van der Waals surface area contributed by atoms with Crippen LogP contribution in [0.15, 0.2) is 24.3 Å². The summed E-state index contributed by atoms with van der Waals surface area (Å²) >= 11 is 0. The van der Waals surface area contributed by atoms with E-state index in [0.717, 1.165) is 31.5 Å². The SMILES string of the molecule is CCCNCC(Cc1ccccc1F)CC(C)CC. The first kappa shape index (κ1) is 16.2. The fourth-order valence-corrected chi connectivity index (χ4v) is 2.43. The van der Waals surface area contributed by atoms with Crippen molar-refractivity contribution in [1.82, 2.24) is 5.32 Å². The molecule has 0 aliphatic carbocycles. The molecular formula is C17H28FN. The molecule has 0 fully saturated rings. The van der Waals surface area contributed by atoms with Gasteiger partial charge in [0.05, 0.1) is 0 Å². The molecule has 0 heterocycles. The van der Waals surface area contributed by atoms with Gasteiger partial charge in [-0.2, -0.15) is 0 Å². The first-order chi connectivity index (χ1) is 9.17. The molecule has 0 saturated carbocycles. The van der Waals surface area contributed by atoms with Crippen LogP contribution in [0.5, 0.6) is 0 Å². The van der Waals surface area contributed by atoms with Crippen molar-refractivity contribution in [2.75, 3.05) is 13.1 Å². The molecule has 1 N–H and O–H groups in total. The van der Waals surface area contributed by atoms with Crippen LogP contribution < -0.4 is 5.32 Å². The smallest absolute Gasteiger partial charge is 0.126 e. The predicted octanol–water partition coefficient (Wildman–Crippen LogP) is 4.42. The van der Waals surface area contributed by atoms with Crippen molar-refractivity contribution in [2.24, 2.45) is 11.8 Å². The molecule has 0 aliphatic rings. The van der Waals surface area contributed by atoms with Gasteiger partial charge in [0.15, 0.2) is 0 Å². The van der Waals surface area contributed by atoms with Gasteiger partial charge in [0.1, 0.15) is 5.82 Å². The third-order valence-corrected chi connectivity index (χ3v) is 3.76. The summed E-state index contributed by atoms with van der Waals surface area (Å²) in [4.78, 5) is 0. The molecule has 0 amide bonds. The fourth-order valence-electron chi connectivity index (χ4n) is 2.43. The largest absolute Gasteiger partial charge is 0.316 e. The van der Waals surface area contributed by atoms with Gasteiger partial charge >= 0.3 is 0 Å². The maximum Gasteiger partial charge on any atom is 0.126 e. The Bertz CT molecular complexity index is 351. The molecule has 108 valence electrons. The fraction of sp³-hybridized carbons (Fsp3) is 0.647. The van der Waals surface area contributed by atoms with Crippen molar-refractivity contribution in [1.29, 1.82) is 0 Å². The van der Waals surface area contributed by atoms with Crippen molar-refractivity contribution in [2.45, 2.75) is 46.5 Å². The van der Waals surface area contributed by atoms with E-state index in [2.05, 4.69) is 26.1 Å². The molecule has 0 radical (unpaired) electrons. The van der Waals surface area contributed by atoms with Crippen LogP contribution >= 0.6 is 0 Å². The molecule has 19 heavy (non-hydrogen) atoms. The molecule has 0 bridgehead atoms. The first-order valence-electron chi connectivity index (χ1n) is 7.61. The van der Waals surface area contributed by atoms with Crippen molar-refractivity contribution in [3.63, 3.8) is 0 Å². The Morgan fingerprint density at radius 1 is 1.21 bits per heavy atom. The Hall–Kier alpha value is -0.890. The molecule has 2 atom stereocenters. The third kappa shape index (κ3) is 6.20. The minimum atomic E-state index is -0.0628. The van der Waals surface area contributed by atoms with Gasteiger partial charge in [-0.3, -0.25) is 0 Å². The highest BCUT2D eigenvalue weighted by Crippen LogP contribution is 2.20. The topological polar surface area (TPSA) is 12.0 Å². The Balaban J connectivity index is 2.59. The highest BCUT2D eigenvalue weighted by atomic mass is 19.1. The minimum Gasteiger partial charge on any atom is -0.316 e. The van der Waals surface area contributed by atoms with Gasteiger partial charge in [0, 0.05) is 0 Å². The lowest BCUT2D eigenvalue weighted by molar-refractivity contribution is 0.360. The van der Waals surface area contributed by atoms with E-state index in [0.29, 0.717) is 11.8 Å². The van der Waals surface area contributed by atoms with E-state index in [4.69, 9.17) is 0 Å². The standard InChI is InChI=1S/C17H28FN/c1-4-10-19-13-15(11-14(3)5-2)12-16-8-6-7-9-17(16)18/h6-9,14-15,19H,4-5,10-13H2,1-3H3. The molecule has 0 saturated heterocycles. The summed E-state index contributed by atoms with van der Waals surface area (Å²) in [6, 6.07) is 7.17. The molecule has 1 aromatic carbocycles. The Labute approximate surface area is 117 Å². The maximum atomic E-state index is 13.7. The van der Waals surface area contributed by atoms with E-state index in [1.165, 1.54) is 12.8 Å². The molecule has 2 heteroatoms. The van der Waals surface area contributed by atoms with Crippen molar-refractivity contribution < 1.29 is 4.39 Å². The summed E-state index contributed by atoms with van der Waals surface area (Å²) in [7, 11) is 0. The Morgan fingerprint density at radius 3 is 2.58 bits per heavy atom. The zero-order chi connectivity index (χ0) is 14.1. The molecule has 2 unspecified atom stereocenters. The van der Waals surface area contributed by atoms with Crippen LogP contribution in [-0.2, 0) is 6.42 Å². The summed E-state index contributed by atoms with van der Waals surface area (Å²) in [6.45, 7) is 8.73. The third-order valence-electron chi connectivity index (χ3n) is 3.76. The molecule has 0 spiro atoms. The predicted molar refractivity (Wildman–Crippen MR) is 80.8 cm³/mol. The number of nitrogens with one attached hydrogen (secondary N) is 1. The summed E-state index contributed by atoms with van der Waals surface area (Å²) in [5.41, 5.74) is 0.856. The van der Waals surface area contributed by atoms with Crippen molar-refractivity contribution >= 4 is 0 Å². The molecule has 1 nitrogen and oxygen atoms in total. The zero-order valence-electron chi connectivity index (χ0n) is 12.6. The number of benzene rings is 1. The number of halogens is 1. The van der Waals surface area contributed by atoms with E-state index in [-0.39, 0.29) is 5.82 Å². The van der Waals surface area contributed by atoms with Gasteiger partial charge in [0.25, 0.3) is 0 Å². The maximum absolute atomic E-state index is 13.7. The van der Waals surface area contributed by atoms with Gasteiger partial charge in [0.2, 0.25) is 0 Å². The van der Waals surface area contributed by atoms with E-state index in [9.17, 15) is 4.39 Å². The van der Waals surface area contributed by atoms with E-state index in [1.807, 2.05) is 12.1 Å². The van der Waals surface area contributed by atoms with E-state index < -0.39 is 0 Å². The van der Waals surface area contributed by atoms with Crippen LogP contribution in [0, 0.1) is 17.7 Å². The number of hydrogen-bond acceptors (Lipinski definition) is 1. The number of hydrogen-bond donors (Lipinski definition) is 1. The second kappa shape index (κ2) is 9.08. The molecule has 1 aromatic rings. The number of rotatable bonds is 9. The zero-order valence-corrected chi connectivity index (χ0v) is 12.6. The highest BCUT2D eigenvalue weighted by molar-refractivity contribution is 5.17. The lowest BCUT2D eigenvalue weighted by atomic mass is 9.89. The highest BCUT2D eigenvalue weighted by Gasteiger charge is 2.14. The molecule has 0 aromatic heterocycles. The molecular weight excluding hydrogens is 237 g/mol. The monoisotopic (exact) mass is 265 g/mol. The van der Waals surface area contributed by atoms with E-state index in [1.54, 1.807) is 12.1 Å². The average Bonchev–Trinajstić information content (AvgIpc) is 2.41. The summed E-state index contributed by atoms with van der Waals surface area (Å²) in [6.07, 6.45) is 4.35. The Morgan fingerprint density at radius 2 is 1.95 bits per heavy atom. The van der Waals surface area contributed by atoms with Crippen molar-refractivity contribution in [3.05, 3.63) is 35.6 Å². The summed E-state index contributed by atoms with van der Waals surface area (Å²) < 4.78 is 13.7. The second-order valence-electron chi connectivity index (χ2n) is 5.61. The van der Waals surface area contributed by atoms with Gasteiger partial charge in [-0.1, -0.05) is 45.4 Å². The summed E-state index contributed by atoms with van der Waals surface area (Å²) in [5.74, 6) is 1.17. The van der Waals surface area contributed by atoms with Crippen molar-refractivity contribution in [3.8, 4) is 0 Å². The van der Waals surface area contributed by atoms with Crippen LogP contribution in [0.3, 0.4) is 0 Å². The van der Waals surface area contributed by atoms with Gasteiger partial charge < -0.3 is 5.32 Å². The van der Waals surface area contributed by atoms with Crippen LogP contribution in [0.2, 0.25) is 0 Å². The molecule has 0 aliphatic heterocycles. The second-order valence-corrected chi connectivity index (χ2v) is 5.61. The van der Waals surface area contributed by atoms with Crippen LogP contribution in [0.4, 0.5) is 4.39 Å². The van der Waals surface area contributed by atoms with Gasteiger partial charge in [-0.15, -0.1) is 0 Å². The quantitative estimate of drug-likeness (QED) is 0.652. The first-order valence-corrected chi connectivity index (χ1v) is 7.61. The molecule has 1 rings (SSSR count). The Kier molecular flexibility index (Phi) is 7.73. The summed E-state index contributed by atoms with van der Waals surface area (Å²) in [5, 5.41) is 3.48. The van der Waals surface area contributed by atoms with Gasteiger partial charge in [-0.05, 0) is 55.8 Å². The lowest BCUT2D eigenvalue weighted by Crippen LogP contribution is -2.26. The minimum absolute atomic E-state index is 0.0628. The van der Waals surface area contributed by atoms with Crippen LogP contribution in [-0.4, -0.2) is 13.1 Å². The lowest BCUT2D eigenvalue weighted by Gasteiger charge is -2.21. The van der Waals surface area contributed by atoms with Crippen LogP contribution in [0.1, 0.15) is 45.6 Å². The van der Waals surface area contributed by atoms with E-state index >= 15 is 0 Å². The average molecular weight is 265 g/mol.